The van der Waals surface area contributed by atoms with Gasteiger partial charge in [0.25, 0.3) is 0 Å². The summed E-state index contributed by atoms with van der Waals surface area (Å²) in [6, 6.07) is 11.4. The quantitative estimate of drug-likeness (QED) is 0.913. The van der Waals surface area contributed by atoms with Gasteiger partial charge in [0.15, 0.2) is 0 Å². The van der Waals surface area contributed by atoms with Crippen molar-refractivity contribution in [3.63, 3.8) is 0 Å². The van der Waals surface area contributed by atoms with E-state index in [1.165, 1.54) is 5.56 Å². The zero-order valence-electron chi connectivity index (χ0n) is 12.4. The van der Waals surface area contributed by atoms with Gasteiger partial charge in [-0.1, -0.05) is 44.2 Å². The molecule has 2 fully saturated rings. The van der Waals surface area contributed by atoms with E-state index in [2.05, 4.69) is 54.4 Å². The summed E-state index contributed by atoms with van der Waals surface area (Å²) in [5.41, 5.74) is 1.38. The average Bonchev–Trinajstić information content (AvgIpc) is 3.22. The van der Waals surface area contributed by atoms with Gasteiger partial charge in [-0.15, -0.1) is 0 Å². The molecule has 1 aliphatic carbocycles. The number of likely N-dealkylation sites (tertiary alicyclic amines) is 1. The van der Waals surface area contributed by atoms with Crippen LogP contribution >= 0.6 is 0 Å². The lowest BCUT2D eigenvalue weighted by Crippen LogP contribution is -2.53. The topological polar surface area (TPSA) is 32.3 Å². The van der Waals surface area contributed by atoms with Crippen molar-refractivity contribution in [3.8, 4) is 0 Å². The van der Waals surface area contributed by atoms with Crippen molar-refractivity contribution < 1.29 is 4.79 Å². The molecule has 1 aromatic carbocycles. The Balaban J connectivity index is 1.65. The number of amides is 1. The first-order valence-corrected chi connectivity index (χ1v) is 7.78. The number of benzene rings is 1. The number of hydrogen-bond acceptors (Lipinski definition) is 2. The summed E-state index contributed by atoms with van der Waals surface area (Å²) in [7, 11) is 0. The van der Waals surface area contributed by atoms with Crippen LogP contribution in [0, 0.1) is 0 Å². The molecule has 0 bridgehead atoms. The van der Waals surface area contributed by atoms with Gasteiger partial charge in [0, 0.05) is 24.5 Å². The molecular weight excluding hydrogens is 248 g/mol. The number of carbonyl (C=O) groups excluding carboxylic acids is 1. The summed E-state index contributed by atoms with van der Waals surface area (Å²) in [5.74, 6) is 0.867. The molecule has 1 saturated carbocycles. The second kappa shape index (κ2) is 5.57. The van der Waals surface area contributed by atoms with Gasteiger partial charge in [-0.05, 0) is 24.8 Å². The number of hydrogen-bond donors (Lipinski definition) is 1. The molecule has 3 rings (SSSR count). The Labute approximate surface area is 121 Å². The van der Waals surface area contributed by atoms with Crippen molar-refractivity contribution in [1.29, 1.82) is 0 Å². The third-order valence-electron chi connectivity index (χ3n) is 4.39. The number of nitrogens with zero attached hydrogens (tertiary/aromatic N) is 1. The highest BCUT2D eigenvalue weighted by Crippen LogP contribution is 2.45. The summed E-state index contributed by atoms with van der Waals surface area (Å²) < 4.78 is 0. The largest absolute Gasteiger partial charge is 0.338 e. The molecule has 1 saturated heterocycles. The molecule has 3 nitrogen and oxygen atoms in total. The van der Waals surface area contributed by atoms with E-state index < -0.39 is 0 Å². The molecule has 1 N–H and O–H groups in total. The van der Waals surface area contributed by atoms with E-state index in [-0.39, 0.29) is 6.04 Å². The third-order valence-corrected chi connectivity index (χ3v) is 4.39. The van der Waals surface area contributed by atoms with E-state index in [1.807, 2.05) is 0 Å². The van der Waals surface area contributed by atoms with Gasteiger partial charge in [0.1, 0.15) is 0 Å². The Morgan fingerprint density at radius 2 is 2.00 bits per heavy atom. The van der Waals surface area contributed by atoms with Crippen molar-refractivity contribution in [1.82, 2.24) is 10.2 Å². The van der Waals surface area contributed by atoms with Gasteiger partial charge in [0.05, 0.1) is 6.04 Å². The molecule has 0 radical (unpaired) electrons. The molecule has 3 atom stereocenters. The average molecular weight is 272 g/mol. The highest BCUT2D eigenvalue weighted by molar-refractivity contribution is 5.83. The Hall–Kier alpha value is -1.35. The lowest BCUT2D eigenvalue weighted by Gasteiger charge is -2.34. The van der Waals surface area contributed by atoms with Gasteiger partial charge in [-0.2, -0.15) is 0 Å². The molecule has 20 heavy (non-hydrogen) atoms. The van der Waals surface area contributed by atoms with Crippen molar-refractivity contribution in [3.05, 3.63) is 35.9 Å². The van der Waals surface area contributed by atoms with E-state index in [4.69, 9.17) is 0 Å². The number of piperidine rings is 1. The van der Waals surface area contributed by atoms with Crippen LogP contribution in [0.5, 0.6) is 0 Å². The second-order valence-electron chi connectivity index (χ2n) is 6.37. The fourth-order valence-electron chi connectivity index (χ4n) is 3.37. The van der Waals surface area contributed by atoms with E-state index in [0.717, 1.165) is 25.8 Å². The maximum Gasteiger partial charge on any atom is 0.239 e. The lowest BCUT2D eigenvalue weighted by atomic mass is 10.0. The summed E-state index contributed by atoms with van der Waals surface area (Å²) in [6.07, 6.45) is 3.23. The predicted octanol–water partition coefficient (Wildman–Crippen LogP) is 2.53. The maximum atomic E-state index is 12.6. The molecule has 1 aromatic rings. The Morgan fingerprint density at radius 3 is 2.70 bits per heavy atom. The second-order valence-corrected chi connectivity index (χ2v) is 6.37. The fraction of sp³-hybridized carbons (Fsp3) is 0.588. The van der Waals surface area contributed by atoms with E-state index in [1.54, 1.807) is 0 Å². The standard InChI is InChI=1S/C17H24N2O/c1-12(2)18-15-9-6-10-19(17(15)20)16-11-14(16)13-7-4-3-5-8-13/h3-5,7-8,12,14-16,18H,6,9-11H2,1-2H3. The first kappa shape index (κ1) is 13.6. The van der Waals surface area contributed by atoms with Gasteiger partial charge >= 0.3 is 0 Å². The van der Waals surface area contributed by atoms with Gasteiger partial charge in [0.2, 0.25) is 5.91 Å². The van der Waals surface area contributed by atoms with Crippen molar-refractivity contribution in [2.75, 3.05) is 6.54 Å². The minimum absolute atomic E-state index is 0.0285. The zero-order chi connectivity index (χ0) is 14.1. The minimum atomic E-state index is 0.0285. The SMILES string of the molecule is CC(C)NC1CCCN(C2CC2c2ccccc2)C1=O. The van der Waals surface area contributed by atoms with Crippen LogP contribution in [0.15, 0.2) is 30.3 Å². The summed E-state index contributed by atoms with van der Waals surface area (Å²) in [4.78, 5) is 14.7. The van der Waals surface area contributed by atoms with Crippen LogP contribution in [0.4, 0.5) is 0 Å². The monoisotopic (exact) mass is 272 g/mol. The van der Waals surface area contributed by atoms with Crippen LogP contribution in [0.3, 0.4) is 0 Å². The molecule has 0 spiro atoms. The van der Waals surface area contributed by atoms with Crippen molar-refractivity contribution >= 4 is 5.91 Å². The normalized spacial score (nSPS) is 29.9. The van der Waals surface area contributed by atoms with Crippen LogP contribution in [-0.2, 0) is 4.79 Å². The van der Waals surface area contributed by atoms with Crippen LogP contribution < -0.4 is 5.32 Å². The van der Waals surface area contributed by atoms with E-state index in [0.29, 0.717) is 23.9 Å². The van der Waals surface area contributed by atoms with Crippen molar-refractivity contribution in [2.45, 2.75) is 57.2 Å². The Kier molecular flexibility index (Phi) is 3.79. The first-order valence-electron chi connectivity index (χ1n) is 7.78. The van der Waals surface area contributed by atoms with Crippen molar-refractivity contribution in [2.24, 2.45) is 0 Å². The van der Waals surface area contributed by atoms with Crippen LogP contribution in [0.2, 0.25) is 0 Å². The van der Waals surface area contributed by atoms with Gasteiger partial charge in [-0.3, -0.25) is 4.79 Å². The zero-order valence-corrected chi connectivity index (χ0v) is 12.4. The van der Waals surface area contributed by atoms with Crippen LogP contribution in [0.25, 0.3) is 0 Å². The minimum Gasteiger partial charge on any atom is -0.338 e. The molecule has 1 heterocycles. The Bertz CT molecular complexity index is 471. The molecule has 1 amide bonds. The lowest BCUT2D eigenvalue weighted by molar-refractivity contribution is -0.136. The van der Waals surface area contributed by atoms with E-state index >= 15 is 0 Å². The molecular formula is C17H24N2O. The Morgan fingerprint density at radius 1 is 1.25 bits per heavy atom. The van der Waals surface area contributed by atoms with Crippen LogP contribution in [-0.4, -0.2) is 35.5 Å². The molecule has 1 aliphatic heterocycles. The predicted molar refractivity (Wildman–Crippen MR) is 80.6 cm³/mol. The smallest absolute Gasteiger partial charge is 0.239 e. The molecule has 3 unspecified atom stereocenters. The number of carbonyl (C=O) groups is 1. The van der Waals surface area contributed by atoms with E-state index in [9.17, 15) is 4.79 Å². The van der Waals surface area contributed by atoms with Gasteiger partial charge in [-0.25, -0.2) is 0 Å². The summed E-state index contributed by atoms with van der Waals surface area (Å²) >= 11 is 0. The molecule has 3 heteroatoms. The van der Waals surface area contributed by atoms with Crippen LogP contribution in [0.1, 0.15) is 44.6 Å². The summed E-state index contributed by atoms with van der Waals surface area (Å²) in [5, 5.41) is 3.41. The third kappa shape index (κ3) is 2.73. The molecule has 108 valence electrons. The number of rotatable bonds is 4. The fourth-order valence-corrected chi connectivity index (χ4v) is 3.37. The molecule has 2 aliphatic rings. The maximum absolute atomic E-state index is 12.6. The number of nitrogens with one attached hydrogen (secondary N) is 1. The highest BCUT2D eigenvalue weighted by Gasteiger charge is 2.46. The first-order chi connectivity index (χ1) is 9.66. The molecule has 0 aromatic heterocycles. The summed E-state index contributed by atoms with van der Waals surface area (Å²) in [6.45, 7) is 5.15. The highest BCUT2D eigenvalue weighted by atomic mass is 16.2. The van der Waals surface area contributed by atoms with Gasteiger partial charge < -0.3 is 10.2 Å².